The van der Waals surface area contributed by atoms with E-state index in [1.807, 2.05) is 19.1 Å². The maximum Gasteiger partial charge on any atom is 0.308 e. The van der Waals surface area contributed by atoms with E-state index in [1.165, 1.54) is 11.0 Å². The molecule has 2 amide bonds. The number of nitrogens with zero attached hydrogens (tertiary/aromatic N) is 1. The Morgan fingerprint density at radius 1 is 1.07 bits per heavy atom. The van der Waals surface area contributed by atoms with Gasteiger partial charge in [0.2, 0.25) is 0 Å². The number of hydrogen-bond acceptors (Lipinski definition) is 4. The molecule has 2 aromatic rings. The second-order valence-corrected chi connectivity index (χ2v) is 6.81. The number of carboxylic acid groups (broad SMARTS) is 1. The van der Waals surface area contributed by atoms with Gasteiger partial charge in [-0.3, -0.25) is 14.4 Å². The molecule has 0 radical (unpaired) electrons. The molecule has 29 heavy (non-hydrogen) atoms. The largest absolute Gasteiger partial charge is 0.494 e. The first-order chi connectivity index (χ1) is 13.8. The smallest absolute Gasteiger partial charge is 0.308 e. The summed E-state index contributed by atoms with van der Waals surface area (Å²) in [5, 5.41) is 12.2. The number of carbonyl (C=O) groups is 3. The SMILES string of the molecule is CCOc1ccc(CC(CNC(=O)c2cccc(C(=O)N(C)C)c2)C(=O)O)cc1. The van der Waals surface area contributed by atoms with Crippen LogP contribution in [-0.4, -0.2) is 55.0 Å². The van der Waals surface area contributed by atoms with Gasteiger partial charge in [0.25, 0.3) is 11.8 Å². The molecule has 0 aliphatic carbocycles. The maximum atomic E-state index is 12.4. The molecule has 1 atom stereocenters. The Labute approximate surface area is 170 Å². The van der Waals surface area contributed by atoms with Crippen molar-refractivity contribution < 1.29 is 24.2 Å². The fourth-order valence-electron chi connectivity index (χ4n) is 2.79. The number of amides is 2. The van der Waals surface area contributed by atoms with E-state index in [2.05, 4.69) is 5.32 Å². The maximum absolute atomic E-state index is 12.4. The first-order valence-electron chi connectivity index (χ1n) is 9.36. The molecular weight excluding hydrogens is 372 g/mol. The summed E-state index contributed by atoms with van der Waals surface area (Å²) in [6.45, 7) is 2.43. The van der Waals surface area contributed by atoms with Crippen LogP contribution < -0.4 is 10.1 Å². The van der Waals surface area contributed by atoms with Crippen molar-refractivity contribution in [1.82, 2.24) is 10.2 Å². The summed E-state index contributed by atoms with van der Waals surface area (Å²) in [5.41, 5.74) is 1.54. The first-order valence-corrected chi connectivity index (χ1v) is 9.36. The number of nitrogens with one attached hydrogen (secondary N) is 1. The van der Waals surface area contributed by atoms with Crippen LogP contribution in [0.3, 0.4) is 0 Å². The lowest BCUT2D eigenvalue weighted by molar-refractivity contribution is -0.141. The van der Waals surface area contributed by atoms with E-state index in [4.69, 9.17) is 4.74 Å². The van der Waals surface area contributed by atoms with Gasteiger partial charge in [-0.05, 0) is 49.2 Å². The molecule has 0 aliphatic rings. The predicted molar refractivity (Wildman–Crippen MR) is 109 cm³/mol. The van der Waals surface area contributed by atoms with Crippen molar-refractivity contribution in [3.05, 3.63) is 65.2 Å². The molecule has 0 bridgehead atoms. The van der Waals surface area contributed by atoms with Gasteiger partial charge in [0.15, 0.2) is 0 Å². The standard InChI is InChI=1S/C22H26N2O5/c1-4-29-19-10-8-15(9-11-19)12-18(22(27)28)14-23-20(25)16-6-5-7-17(13-16)21(26)24(2)3/h5-11,13,18H,4,12,14H2,1-3H3,(H,23,25)(H,27,28). The zero-order valence-corrected chi connectivity index (χ0v) is 16.8. The van der Waals surface area contributed by atoms with Crippen molar-refractivity contribution in [3.63, 3.8) is 0 Å². The number of ether oxygens (including phenoxy) is 1. The number of carboxylic acids is 1. The topological polar surface area (TPSA) is 95.9 Å². The summed E-state index contributed by atoms with van der Waals surface area (Å²) >= 11 is 0. The van der Waals surface area contributed by atoms with E-state index in [9.17, 15) is 19.5 Å². The van der Waals surface area contributed by atoms with Gasteiger partial charge in [0.1, 0.15) is 5.75 Å². The minimum absolute atomic E-state index is 0.0206. The second-order valence-electron chi connectivity index (χ2n) is 6.81. The molecule has 0 fully saturated rings. The number of carbonyl (C=O) groups excluding carboxylic acids is 2. The highest BCUT2D eigenvalue weighted by molar-refractivity contribution is 5.99. The van der Waals surface area contributed by atoms with Gasteiger partial charge in [-0.2, -0.15) is 0 Å². The van der Waals surface area contributed by atoms with Crippen LogP contribution in [0.1, 0.15) is 33.2 Å². The van der Waals surface area contributed by atoms with Gasteiger partial charge in [0, 0.05) is 31.8 Å². The summed E-state index contributed by atoms with van der Waals surface area (Å²) in [7, 11) is 3.26. The molecule has 2 N–H and O–H groups in total. The Morgan fingerprint density at radius 2 is 1.72 bits per heavy atom. The van der Waals surface area contributed by atoms with Crippen molar-refractivity contribution in [2.24, 2.45) is 5.92 Å². The van der Waals surface area contributed by atoms with Crippen molar-refractivity contribution in [2.75, 3.05) is 27.2 Å². The summed E-state index contributed by atoms with van der Waals surface area (Å²) in [5.74, 6) is -1.67. The molecule has 7 nitrogen and oxygen atoms in total. The quantitative estimate of drug-likeness (QED) is 0.676. The van der Waals surface area contributed by atoms with Gasteiger partial charge in [0.05, 0.1) is 12.5 Å². The third-order valence-electron chi connectivity index (χ3n) is 4.35. The average Bonchev–Trinajstić information content (AvgIpc) is 2.71. The van der Waals surface area contributed by atoms with Gasteiger partial charge in [-0.1, -0.05) is 18.2 Å². The predicted octanol–water partition coefficient (Wildman–Crippen LogP) is 2.46. The van der Waals surface area contributed by atoms with E-state index in [0.29, 0.717) is 17.7 Å². The summed E-state index contributed by atoms with van der Waals surface area (Å²) < 4.78 is 5.38. The molecule has 154 valence electrons. The first kappa shape index (κ1) is 21.9. The van der Waals surface area contributed by atoms with E-state index < -0.39 is 17.8 Å². The lowest BCUT2D eigenvalue weighted by Gasteiger charge is -2.15. The van der Waals surface area contributed by atoms with Crippen molar-refractivity contribution in [2.45, 2.75) is 13.3 Å². The van der Waals surface area contributed by atoms with E-state index in [-0.39, 0.29) is 18.9 Å². The third kappa shape index (κ3) is 6.34. The Balaban J connectivity index is 2.01. The molecule has 0 aliphatic heterocycles. The number of aliphatic carboxylic acids is 1. The van der Waals surface area contributed by atoms with E-state index >= 15 is 0 Å². The minimum atomic E-state index is -0.990. The van der Waals surface area contributed by atoms with Crippen LogP contribution in [0, 0.1) is 5.92 Å². The Bertz CT molecular complexity index is 862. The summed E-state index contributed by atoms with van der Waals surface area (Å²) in [4.78, 5) is 37.5. The second kappa shape index (κ2) is 10.3. The van der Waals surface area contributed by atoms with Gasteiger partial charge in [-0.25, -0.2) is 0 Å². The highest BCUT2D eigenvalue weighted by Gasteiger charge is 2.20. The summed E-state index contributed by atoms with van der Waals surface area (Å²) in [6, 6.07) is 13.6. The molecule has 2 rings (SSSR count). The normalized spacial score (nSPS) is 11.4. The Hall–Kier alpha value is -3.35. The molecule has 0 aromatic heterocycles. The van der Waals surface area contributed by atoms with E-state index in [1.54, 1.807) is 44.4 Å². The van der Waals surface area contributed by atoms with Gasteiger partial charge >= 0.3 is 5.97 Å². The average molecular weight is 398 g/mol. The lowest BCUT2D eigenvalue weighted by Crippen LogP contribution is -2.34. The van der Waals surface area contributed by atoms with Crippen LogP contribution in [0.25, 0.3) is 0 Å². The zero-order valence-electron chi connectivity index (χ0n) is 16.8. The highest BCUT2D eigenvalue weighted by Crippen LogP contribution is 2.15. The van der Waals surface area contributed by atoms with Gasteiger partial charge in [-0.15, -0.1) is 0 Å². The van der Waals surface area contributed by atoms with Crippen LogP contribution in [0.15, 0.2) is 48.5 Å². The van der Waals surface area contributed by atoms with Crippen molar-refractivity contribution in [3.8, 4) is 5.75 Å². The van der Waals surface area contributed by atoms with Crippen molar-refractivity contribution >= 4 is 17.8 Å². The summed E-state index contributed by atoms with van der Waals surface area (Å²) in [6.07, 6.45) is 0.279. The van der Waals surface area contributed by atoms with Crippen molar-refractivity contribution in [1.29, 1.82) is 0 Å². The number of rotatable bonds is 9. The highest BCUT2D eigenvalue weighted by atomic mass is 16.5. The molecule has 0 spiro atoms. The molecule has 0 saturated carbocycles. The lowest BCUT2D eigenvalue weighted by atomic mass is 9.99. The zero-order chi connectivity index (χ0) is 21.4. The molecule has 0 saturated heterocycles. The van der Waals surface area contributed by atoms with Crippen LogP contribution >= 0.6 is 0 Å². The third-order valence-corrected chi connectivity index (χ3v) is 4.35. The number of hydrogen-bond donors (Lipinski definition) is 2. The van der Waals surface area contributed by atoms with Crippen LogP contribution in [0.4, 0.5) is 0 Å². The molecule has 0 heterocycles. The van der Waals surface area contributed by atoms with Gasteiger partial charge < -0.3 is 20.1 Å². The van der Waals surface area contributed by atoms with Crippen LogP contribution in [0.2, 0.25) is 0 Å². The Morgan fingerprint density at radius 3 is 2.31 bits per heavy atom. The molecule has 2 aromatic carbocycles. The fourth-order valence-corrected chi connectivity index (χ4v) is 2.79. The monoisotopic (exact) mass is 398 g/mol. The fraction of sp³-hybridized carbons (Fsp3) is 0.318. The van der Waals surface area contributed by atoms with Crippen LogP contribution in [0.5, 0.6) is 5.75 Å². The molecule has 1 unspecified atom stereocenters. The Kier molecular flexibility index (Phi) is 7.77. The van der Waals surface area contributed by atoms with Crippen LogP contribution in [-0.2, 0) is 11.2 Å². The number of benzene rings is 2. The molecule has 7 heteroatoms. The minimum Gasteiger partial charge on any atom is -0.494 e. The van der Waals surface area contributed by atoms with E-state index in [0.717, 1.165) is 11.3 Å². The molecular formula is C22H26N2O5.